The molecule has 0 aliphatic heterocycles. The summed E-state index contributed by atoms with van der Waals surface area (Å²) in [5.74, 6) is 0.193. The Balaban J connectivity index is 4.76. The van der Waals surface area contributed by atoms with Crippen molar-refractivity contribution in [2.24, 2.45) is 10.3 Å². The zero-order valence-corrected chi connectivity index (χ0v) is 9.14. The van der Waals surface area contributed by atoms with E-state index >= 15 is 0 Å². The van der Waals surface area contributed by atoms with Gasteiger partial charge >= 0.3 is 0 Å². The Bertz CT molecular complexity index is 263. The summed E-state index contributed by atoms with van der Waals surface area (Å²) in [5, 5.41) is -0.425. The van der Waals surface area contributed by atoms with Gasteiger partial charge in [-0.25, -0.2) is 8.42 Å². The minimum absolute atomic E-state index is 0.193. The van der Waals surface area contributed by atoms with Crippen molar-refractivity contribution in [2.75, 3.05) is 0 Å². The SMILES string of the molecule is C/C(=N\S(=O)(=O)C(C)C)C(C)C. The molecular weight excluding hydrogens is 174 g/mol. The fourth-order valence-electron chi connectivity index (χ4n) is 0.412. The molecule has 0 amide bonds. The monoisotopic (exact) mass is 191 g/mol. The molecule has 0 aromatic heterocycles. The van der Waals surface area contributed by atoms with E-state index in [2.05, 4.69) is 4.40 Å². The molecule has 12 heavy (non-hydrogen) atoms. The molecule has 0 aromatic carbocycles. The van der Waals surface area contributed by atoms with Gasteiger partial charge in [-0.05, 0) is 26.7 Å². The van der Waals surface area contributed by atoms with Crippen LogP contribution >= 0.6 is 0 Å². The molecule has 0 bridgehead atoms. The van der Waals surface area contributed by atoms with Gasteiger partial charge in [0.25, 0.3) is 10.0 Å². The second-order valence-corrected chi connectivity index (χ2v) is 5.61. The van der Waals surface area contributed by atoms with Crippen LogP contribution in [0.2, 0.25) is 0 Å². The zero-order valence-electron chi connectivity index (χ0n) is 8.33. The van der Waals surface area contributed by atoms with E-state index in [0.717, 1.165) is 0 Å². The van der Waals surface area contributed by atoms with Crippen molar-refractivity contribution in [3.8, 4) is 0 Å². The fraction of sp³-hybridized carbons (Fsp3) is 0.875. The topological polar surface area (TPSA) is 46.5 Å². The molecular formula is C8H17NO2S. The van der Waals surface area contributed by atoms with E-state index in [0.29, 0.717) is 5.71 Å². The van der Waals surface area contributed by atoms with Gasteiger partial charge in [0.2, 0.25) is 0 Å². The Morgan fingerprint density at radius 2 is 1.58 bits per heavy atom. The van der Waals surface area contributed by atoms with Crippen LogP contribution in [0.1, 0.15) is 34.6 Å². The summed E-state index contributed by atoms with van der Waals surface area (Å²) in [6.45, 7) is 8.85. The average molecular weight is 191 g/mol. The van der Waals surface area contributed by atoms with Crippen molar-refractivity contribution < 1.29 is 8.42 Å². The molecule has 0 fully saturated rings. The van der Waals surface area contributed by atoms with Crippen LogP contribution in [0.4, 0.5) is 0 Å². The summed E-state index contributed by atoms with van der Waals surface area (Å²) in [5.41, 5.74) is 0.670. The Morgan fingerprint density at radius 3 is 1.83 bits per heavy atom. The van der Waals surface area contributed by atoms with Crippen molar-refractivity contribution in [3.63, 3.8) is 0 Å². The minimum atomic E-state index is -3.25. The molecule has 0 saturated carbocycles. The molecule has 0 heterocycles. The van der Waals surface area contributed by atoms with Gasteiger partial charge in [0, 0.05) is 5.71 Å². The summed E-state index contributed by atoms with van der Waals surface area (Å²) in [4.78, 5) is 0. The first kappa shape index (κ1) is 11.6. The van der Waals surface area contributed by atoms with Gasteiger partial charge < -0.3 is 0 Å². The molecule has 72 valence electrons. The van der Waals surface area contributed by atoms with Gasteiger partial charge in [0.05, 0.1) is 5.25 Å². The lowest BCUT2D eigenvalue weighted by atomic mass is 10.1. The maximum absolute atomic E-state index is 11.3. The smallest absolute Gasteiger partial charge is 0.204 e. The molecule has 0 radical (unpaired) electrons. The third-order valence-corrected chi connectivity index (χ3v) is 3.44. The van der Waals surface area contributed by atoms with Gasteiger partial charge in [-0.3, -0.25) is 0 Å². The molecule has 4 heteroatoms. The second kappa shape index (κ2) is 4.03. The molecule has 0 aromatic rings. The van der Waals surface area contributed by atoms with Crippen molar-refractivity contribution in [1.29, 1.82) is 0 Å². The number of rotatable bonds is 3. The largest absolute Gasteiger partial charge is 0.255 e. The van der Waals surface area contributed by atoms with Crippen LogP contribution in [0, 0.1) is 5.92 Å². The lowest BCUT2D eigenvalue weighted by Gasteiger charge is -2.06. The zero-order chi connectivity index (χ0) is 9.94. The number of hydrogen-bond acceptors (Lipinski definition) is 2. The van der Waals surface area contributed by atoms with Crippen LogP contribution in [0.25, 0.3) is 0 Å². The van der Waals surface area contributed by atoms with Gasteiger partial charge in [-0.1, -0.05) is 13.8 Å². The lowest BCUT2D eigenvalue weighted by Crippen LogP contribution is -2.14. The van der Waals surface area contributed by atoms with Gasteiger partial charge in [-0.2, -0.15) is 4.40 Å². The molecule has 0 aliphatic rings. The molecule has 3 nitrogen and oxygen atoms in total. The Labute approximate surface area is 74.9 Å². The van der Waals surface area contributed by atoms with Gasteiger partial charge in [0.1, 0.15) is 0 Å². The van der Waals surface area contributed by atoms with Crippen LogP contribution in [0.5, 0.6) is 0 Å². The van der Waals surface area contributed by atoms with E-state index in [1.807, 2.05) is 13.8 Å². The minimum Gasteiger partial charge on any atom is -0.204 e. The Morgan fingerprint density at radius 1 is 1.17 bits per heavy atom. The number of hydrogen-bond donors (Lipinski definition) is 0. The standard InChI is InChI=1S/C8H17NO2S/c1-6(2)8(5)9-12(10,11)7(3)4/h6-7H,1-5H3/b9-8+. The van der Waals surface area contributed by atoms with E-state index < -0.39 is 15.3 Å². The first-order valence-corrected chi connectivity index (χ1v) is 5.58. The molecule has 0 saturated heterocycles. The third kappa shape index (κ3) is 3.34. The Kier molecular flexibility index (Phi) is 3.90. The molecule has 0 N–H and O–H groups in total. The van der Waals surface area contributed by atoms with Crippen molar-refractivity contribution in [3.05, 3.63) is 0 Å². The number of sulfonamides is 1. The summed E-state index contributed by atoms with van der Waals surface area (Å²) in [7, 11) is -3.25. The molecule has 0 spiro atoms. The van der Waals surface area contributed by atoms with Crippen LogP contribution in [0.15, 0.2) is 4.40 Å². The summed E-state index contributed by atoms with van der Waals surface area (Å²) < 4.78 is 26.2. The van der Waals surface area contributed by atoms with E-state index in [9.17, 15) is 8.42 Å². The molecule has 0 unspecified atom stereocenters. The van der Waals surface area contributed by atoms with E-state index in [4.69, 9.17) is 0 Å². The van der Waals surface area contributed by atoms with Crippen LogP contribution < -0.4 is 0 Å². The van der Waals surface area contributed by atoms with Crippen LogP contribution in [-0.4, -0.2) is 19.4 Å². The maximum atomic E-state index is 11.3. The molecule has 0 rings (SSSR count). The van der Waals surface area contributed by atoms with Crippen LogP contribution in [-0.2, 0) is 10.0 Å². The van der Waals surface area contributed by atoms with Gasteiger partial charge in [-0.15, -0.1) is 0 Å². The summed E-state index contributed by atoms with van der Waals surface area (Å²) in [6.07, 6.45) is 0. The highest BCUT2D eigenvalue weighted by Gasteiger charge is 2.14. The predicted molar refractivity (Wildman–Crippen MR) is 52.0 cm³/mol. The van der Waals surface area contributed by atoms with E-state index in [1.165, 1.54) is 0 Å². The van der Waals surface area contributed by atoms with Crippen molar-refractivity contribution in [1.82, 2.24) is 0 Å². The second-order valence-electron chi connectivity index (χ2n) is 3.45. The molecule has 0 aliphatic carbocycles. The lowest BCUT2D eigenvalue weighted by molar-refractivity contribution is 0.589. The highest BCUT2D eigenvalue weighted by Crippen LogP contribution is 2.06. The predicted octanol–water partition coefficient (Wildman–Crippen LogP) is 1.84. The summed E-state index contributed by atoms with van der Waals surface area (Å²) in [6, 6.07) is 0. The fourth-order valence-corrected chi connectivity index (χ4v) is 1.23. The van der Waals surface area contributed by atoms with Crippen molar-refractivity contribution in [2.45, 2.75) is 39.9 Å². The Hall–Kier alpha value is -0.380. The van der Waals surface area contributed by atoms with E-state index in [1.54, 1.807) is 20.8 Å². The average Bonchev–Trinajstić information content (AvgIpc) is 1.85. The first-order valence-electron chi connectivity index (χ1n) is 4.07. The van der Waals surface area contributed by atoms with E-state index in [-0.39, 0.29) is 5.92 Å². The highest BCUT2D eigenvalue weighted by molar-refractivity contribution is 7.90. The highest BCUT2D eigenvalue weighted by atomic mass is 32.2. The quantitative estimate of drug-likeness (QED) is 0.639. The maximum Gasteiger partial charge on any atom is 0.255 e. The first-order chi connectivity index (χ1) is 5.27. The van der Waals surface area contributed by atoms with Crippen molar-refractivity contribution >= 4 is 15.7 Å². The normalized spacial score (nSPS) is 14.4. The van der Waals surface area contributed by atoms with Gasteiger partial charge in [0.15, 0.2) is 0 Å². The summed E-state index contributed by atoms with van der Waals surface area (Å²) >= 11 is 0. The number of nitrogens with zero attached hydrogens (tertiary/aromatic N) is 1. The third-order valence-electron chi connectivity index (χ3n) is 1.70. The van der Waals surface area contributed by atoms with Crippen LogP contribution in [0.3, 0.4) is 0 Å². The molecule has 0 atom stereocenters.